The number of esters is 1. The highest BCUT2D eigenvalue weighted by atomic mass is 32.1. The summed E-state index contributed by atoms with van der Waals surface area (Å²) in [7, 11) is 0. The summed E-state index contributed by atoms with van der Waals surface area (Å²) in [6.07, 6.45) is 3.10. The van der Waals surface area contributed by atoms with Crippen LogP contribution in [0.1, 0.15) is 63.9 Å². The number of rotatable bonds is 2. The van der Waals surface area contributed by atoms with E-state index in [1.807, 2.05) is 20.8 Å². The first-order valence-corrected chi connectivity index (χ1v) is 10.8. The van der Waals surface area contributed by atoms with E-state index in [9.17, 15) is 9.59 Å². The smallest absolute Gasteiger partial charge is 0.321 e. The van der Waals surface area contributed by atoms with Crippen LogP contribution in [0.5, 0.6) is 0 Å². The normalized spacial score (nSPS) is 37.3. The van der Waals surface area contributed by atoms with Gasteiger partial charge in [0.05, 0.1) is 11.6 Å². The van der Waals surface area contributed by atoms with Crippen molar-refractivity contribution >= 4 is 28.5 Å². The number of carbonyl (C=O) groups is 2. The van der Waals surface area contributed by atoms with Crippen LogP contribution in [0.25, 0.3) is 0 Å². The van der Waals surface area contributed by atoms with Gasteiger partial charge in [-0.3, -0.25) is 10.1 Å². The molecule has 2 fully saturated rings. The molecule has 0 radical (unpaired) electrons. The predicted octanol–water partition coefficient (Wildman–Crippen LogP) is 3.93. The summed E-state index contributed by atoms with van der Waals surface area (Å²) in [5, 5.41) is 6.37. The van der Waals surface area contributed by atoms with E-state index in [1.54, 1.807) is 11.3 Å². The van der Waals surface area contributed by atoms with Crippen molar-refractivity contribution in [1.29, 1.82) is 0 Å². The molecule has 6 nitrogen and oxygen atoms in total. The first-order chi connectivity index (χ1) is 12.7. The van der Waals surface area contributed by atoms with E-state index in [4.69, 9.17) is 9.72 Å². The van der Waals surface area contributed by atoms with Gasteiger partial charge in [0.1, 0.15) is 6.10 Å². The molecule has 1 aromatic heterocycles. The van der Waals surface area contributed by atoms with Crippen LogP contribution in [-0.2, 0) is 16.0 Å². The van der Waals surface area contributed by atoms with Crippen molar-refractivity contribution in [2.24, 2.45) is 23.2 Å². The van der Waals surface area contributed by atoms with Crippen LogP contribution in [-0.4, -0.2) is 29.1 Å². The summed E-state index contributed by atoms with van der Waals surface area (Å²) in [4.78, 5) is 30.3. The number of urea groups is 1. The SMILES string of the molecule is CC(C)NC(=O)Nc1nc2c(s1)C[C@@]1(C)CC[C@@H]3[C@H](OC(=O)[C@H]3C)[C@H]1[C@@H]2C. The molecule has 2 heterocycles. The molecule has 1 saturated heterocycles. The van der Waals surface area contributed by atoms with Crippen LogP contribution in [0.2, 0.25) is 0 Å². The Labute approximate surface area is 164 Å². The van der Waals surface area contributed by atoms with Crippen molar-refractivity contribution in [3.8, 4) is 0 Å². The Balaban J connectivity index is 1.61. The molecule has 1 aromatic rings. The van der Waals surface area contributed by atoms with Gasteiger partial charge < -0.3 is 10.1 Å². The molecule has 7 heteroatoms. The minimum absolute atomic E-state index is 0.000498. The minimum atomic E-state index is -0.217. The van der Waals surface area contributed by atoms with Gasteiger partial charge in [0.2, 0.25) is 0 Å². The van der Waals surface area contributed by atoms with Crippen molar-refractivity contribution in [3.05, 3.63) is 10.6 Å². The lowest BCUT2D eigenvalue weighted by Gasteiger charge is -2.51. The highest BCUT2D eigenvalue weighted by Gasteiger charge is 2.58. The van der Waals surface area contributed by atoms with E-state index < -0.39 is 0 Å². The second-order valence-electron chi connectivity index (χ2n) is 9.12. The zero-order valence-electron chi connectivity index (χ0n) is 16.7. The number of anilines is 1. The summed E-state index contributed by atoms with van der Waals surface area (Å²) >= 11 is 1.58. The molecule has 6 atom stereocenters. The highest BCUT2D eigenvalue weighted by molar-refractivity contribution is 7.15. The molecule has 4 rings (SSSR count). The van der Waals surface area contributed by atoms with Crippen molar-refractivity contribution in [3.63, 3.8) is 0 Å². The fraction of sp³-hybridized carbons (Fsp3) is 0.750. The average molecular weight is 392 g/mol. The molecule has 0 spiro atoms. The molecule has 27 heavy (non-hydrogen) atoms. The predicted molar refractivity (Wildman–Crippen MR) is 105 cm³/mol. The lowest BCUT2D eigenvalue weighted by molar-refractivity contribution is -0.149. The number of carbonyl (C=O) groups excluding carboxylic acids is 2. The van der Waals surface area contributed by atoms with Gasteiger partial charge in [-0.1, -0.05) is 20.8 Å². The number of fused-ring (bicyclic) bond motifs is 4. The van der Waals surface area contributed by atoms with E-state index in [0.717, 1.165) is 25.0 Å². The summed E-state index contributed by atoms with van der Waals surface area (Å²) in [5.74, 6) is 0.785. The van der Waals surface area contributed by atoms with Gasteiger partial charge in [-0.2, -0.15) is 0 Å². The third-order valence-corrected chi connectivity index (χ3v) is 7.78. The average Bonchev–Trinajstić information content (AvgIpc) is 3.07. The van der Waals surface area contributed by atoms with E-state index in [0.29, 0.717) is 11.0 Å². The summed E-state index contributed by atoms with van der Waals surface area (Å²) in [6.45, 7) is 10.4. The van der Waals surface area contributed by atoms with Crippen LogP contribution in [0.4, 0.5) is 9.93 Å². The Morgan fingerprint density at radius 1 is 1.33 bits per heavy atom. The molecule has 2 aliphatic carbocycles. The van der Waals surface area contributed by atoms with Crippen molar-refractivity contribution < 1.29 is 14.3 Å². The second kappa shape index (κ2) is 6.47. The van der Waals surface area contributed by atoms with Gasteiger partial charge >= 0.3 is 12.0 Å². The molecule has 0 aromatic carbocycles. The number of hydrogen-bond donors (Lipinski definition) is 2. The Hall–Kier alpha value is -1.63. The topological polar surface area (TPSA) is 80.3 Å². The van der Waals surface area contributed by atoms with E-state index in [1.165, 1.54) is 4.88 Å². The van der Waals surface area contributed by atoms with E-state index in [2.05, 4.69) is 24.5 Å². The Kier molecular flexibility index (Phi) is 4.48. The molecule has 1 aliphatic heterocycles. The quantitative estimate of drug-likeness (QED) is 0.749. The number of thiazole rings is 1. The number of nitrogens with zero attached hydrogens (tertiary/aromatic N) is 1. The lowest BCUT2D eigenvalue weighted by atomic mass is 9.54. The van der Waals surface area contributed by atoms with Gasteiger partial charge in [-0.05, 0) is 38.5 Å². The summed E-state index contributed by atoms with van der Waals surface area (Å²) < 4.78 is 5.87. The Bertz CT molecular complexity index is 777. The molecule has 0 bridgehead atoms. The van der Waals surface area contributed by atoms with E-state index in [-0.39, 0.29) is 47.3 Å². The molecular formula is C20H29N3O3S. The molecule has 148 valence electrons. The van der Waals surface area contributed by atoms with Gasteiger partial charge in [0, 0.05) is 28.7 Å². The van der Waals surface area contributed by atoms with Crippen LogP contribution < -0.4 is 10.6 Å². The lowest BCUT2D eigenvalue weighted by Crippen LogP contribution is -2.50. The molecule has 2 N–H and O–H groups in total. The number of amides is 2. The monoisotopic (exact) mass is 391 g/mol. The fourth-order valence-electron chi connectivity index (χ4n) is 5.53. The summed E-state index contributed by atoms with van der Waals surface area (Å²) in [6, 6.07) is -0.137. The highest BCUT2D eigenvalue weighted by Crippen LogP contribution is 2.59. The first kappa shape index (κ1) is 18.7. The maximum absolute atomic E-state index is 12.2. The largest absolute Gasteiger partial charge is 0.461 e. The Morgan fingerprint density at radius 2 is 2.07 bits per heavy atom. The fourth-order valence-corrected chi connectivity index (χ4v) is 6.79. The van der Waals surface area contributed by atoms with Crippen LogP contribution in [0, 0.1) is 23.2 Å². The van der Waals surface area contributed by atoms with Gasteiger partial charge in [-0.25, -0.2) is 9.78 Å². The standard InChI is InChI=1S/C20H29N3O3S/c1-9(2)21-18(25)23-19-22-15-11(4)14-16-12(10(3)17(24)26-16)6-7-20(14,5)8-13(15)27-19/h9-12,14,16H,6-8H2,1-5H3,(H2,21,22,23,25)/t10-,11-,12-,14+,16-,20+/m0/s1. The van der Waals surface area contributed by atoms with Crippen molar-refractivity contribution in [1.82, 2.24) is 10.3 Å². The van der Waals surface area contributed by atoms with Crippen LogP contribution >= 0.6 is 11.3 Å². The van der Waals surface area contributed by atoms with Crippen LogP contribution in [0.15, 0.2) is 0 Å². The number of ether oxygens (including phenoxy) is 1. The Morgan fingerprint density at radius 3 is 2.78 bits per heavy atom. The third kappa shape index (κ3) is 3.04. The molecule has 1 saturated carbocycles. The zero-order chi connectivity index (χ0) is 19.5. The zero-order valence-corrected chi connectivity index (χ0v) is 17.5. The summed E-state index contributed by atoms with van der Waals surface area (Å²) in [5.41, 5.74) is 1.18. The van der Waals surface area contributed by atoms with Gasteiger partial charge in [0.15, 0.2) is 5.13 Å². The molecule has 3 aliphatic rings. The molecule has 0 unspecified atom stereocenters. The maximum Gasteiger partial charge on any atom is 0.321 e. The van der Waals surface area contributed by atoms with Gasteiger partial charge in [-0.15, -0.1) is 11.3 Å². The molecular weight excluding hydrogens is 362 g/mol. The third-order valence-electron chi connectivity index (χ3n) is 6.80. The second-order valence-corrected chi connectivity index (χ2v) is 10.2. The van der Waals surface area contributed by atoms with Crippen LogP contribution in [0.3, 0.4) is 0 Å². The van der Waals surface area contributed by atoms with Crippen molar-refractivity contribution in [2.45, 2.75) is 71.9 Å². The minimum Gasteiger partial charge on any atom is -0.461 e. The number of aromatic nitrogens is 1. The number of nitrogens with one attached hydrogen (secondary N) is 2. The first-order valence-electron chi connectivity index (χ1n) is 9.97. The number of hydrogen-bond acceptors (Lipinski definition) is 5. The van der Waals surface area contributed by atoms with Gasteiger partial charge in [0.25, 0.3) is 0 Å². The molecule has 2 amide bonds. The maximum atomic E-state index is 12.2. The van der Waals surface area contributed by atoms with Crippen molar-refractivity contribution in [2.75, 3.05) is 5.32 Å². The van der Waals surface area contributed by atoms with E-state index >= 15 is 0 Å².